The second-order valence-electron chi connectivity index (χ2n) is 5.76. The van der Waals surface area contributed by atoms with Gasteiger partial charge in [0.05, 0.1) is 23.6 Å². The summed E-state index contributed by atoms with van der Waals surface area (Å²) in [4.78, 5) is 15.9. The number of hydrogen-bond donors (Lipinski definition) is 1. The van der Waals surface area contributed by atoms with Gasteiger partial charge in [-0.05, 0) is 24.3 Å². The third kappa shape index (κ3) is 1.81. The Hall–Kier alpha value is -2.43. The van der Waals surface area contributed by atoms with Gasteiger partial charge in [-0.25, -0.2) is 0 Å². The fourth-order valence-electron chi connectivity index (χ4n) is 3.40. The van der Waals surface area contributed by atoms with Gasteiger partial charge >= 0.3 is 0 Å². The van der Waals surface area contributed by atoms with Crippen molar-refractivity contribution in [2.45, 2.75) is 18.1 Å². The first-order valence-electron chi connectivity index (χ1n) is 7.12. The van der Waals surface area contributed by atoms with Crippen molar-refractivity contribution in [3.8, 4) is 0 Å². The summed E-state index contributed by atoms with van der Waals surface area (Å²) in [6, 6.07) is 0.116. The Kier molecular flexibility index (Phi) is 2.51. The van der Waals surface area contributed by atoms with Crippen molar-refractivity contribution in [1.82, 2.24) is 9.80 Å². The summed E-state index contributed by atoms with van der Waals surface area (Å²) in [7, 11) is 0. The number of rotatable bonds is 1. The van der Waals surface area contributed by atoms with Gasteiger partial charge in [0.25, 0.3) is 0 Å². The molecule has 4 aliphatic heterocycles. The normalized spacial score (nSPS) is 32.5. The second kappa shape index (κ2) is 4.28. The number of amides is 1. The average molecular weight is 283 g/mol. The van der Waals surface area contributed by atoms with Gasteiger partial charge in [0.15, 0.2) is 5.60 Å². The smallest absolute Gasteiger partial charge is 0.250 e. The van der Waals surface area contributed by atoms with E-state index in [4.69, 9.17) is 10.5 Å². The molecule has 0 aromatic rings. The molecule has 0 saturated carbocycles. The zero-order valence-electron chi connectivity index (χ0n) is 11.6. The topological polar surface area (TPSA) is 58.8 Å². The lowest BCUT2D eigenvalue weighted by Gasteiger charge is -2.46. The lowest BCUT2D eigenvalue weighted by molar-refractivity contribution is -0.114. The fraction of sp³-hybridized carbons (Fsp3) is 0.312. The van der Waals surface area contributed by atoms with Gasteiger partial charge < -0.3 is 20.3 Å². The van der Waals surface area contributed by atoms with Crippen LogP contribution in [0, 0.1) is 0 Å². The van der Waals surface area contributed by atoms with E-state index in [1.54, 1.807) is 12.3 Å². The standard InChI is InChI=1S/C16H17N3O2/c17-15(20)12-3-4-13-10-18-7-1-5-16(6-2-8-21-16)14(11-18)19(13)9-12/h1-5,8-10,14H,6-7,11H2,(H2,17,20). The van der Waals surface area contributed by atoms with E-state index >= 15 is 0 Å². The van der Waals surface area contributed by atoms with Crippen molar-refractivity contribution < 1.29 is 9.53 Å². The van der Waals surface area contributed by atoms with E-state index in [1.165, 1.54) is 0 Å². The maximum Gasteiger partial charge on any atom is 0.250 e. The fourth-order valence-corrected chi connectivity index (χ4v) is 3.40. The monoisotopic (exact) mass is 283 g/mol. The Bertz CT molecular complexity index is 634. The van der Waals surface area contributed by atoms with E-state index in [2.05, 4.69) is 34.2 Å². The minimum absolute atomic E-state index is 0.116. The minimum atomic E-state index is -0.406. The zero-order valence-corrected chi connectivity index (χ0v) is 11.6. The van der Waals surface area contributed by atoms with Gasteiger partial charge in [-0.15, -0.1) is 0 Å². The van der Waals surface area contributed by atoms with Gasteiger partial charge in [0.1, 0.15) is 0 Å². The van der Waals surface area contributed by atoms with Crippen LogP contribution >= 0.6 is 0 Å². The predicted octanol–water partition coefficient (Wildman–Crippen LogP) is 0.996. The maximum absolute atomic E-state index is 11.5. The van der Waals surface area contributed by atoms with Crippen LogP contribution in [0.4, 0.5) is 0 Å². The molecule has 0 fully saturated rings. The molecule has 0 aromatic heterocycles. The lowest BCUT2D eigenvalue weighted by atomic mass is 9.88. The van der Waals surface area contributed by atoms with Crippen LogP contribution in [0.3, 0.4) is 0 Å². The molecular formula is C16H17N3O2. The Balaban J connectivity index is 1.79. The molecule has 0 aliphatic carbocycles. The van der Waals surface area contributed by atoms with Crippen LogP contribution in [-0.4, -0.2) is 40.4 Å². The van der Waals surface area contributed by atoms with E-state index < -0.39 is 5.91 Å². The second-order valence-corrected chi connectivity index (χ2v) is 5.76. The number of carbonyl (C=O) groups excluding carboxylic acids is 1. The van der Waals surface area contributed by atoms with Crippen molar-refractivity contribution in [3.05, 3.63) is 60.3 Å². The van der Waals surface area contributed by atoms with Gasteiger partial charge in [-0.3, -0.25) is 4.79 Å². The third-order valence-electron chi connectivity index (χ3n) is 4.48. The van der Waals surface area contributed by atoms with E-state index in [0.717, 1.165) is 25.2 Å². The highest BCUT2D eigenvalue weighted by Gasteiger charge is 2.46. The first-order chi connectivity index (χ1) is 10.2. The average Bonchev–Trinajstić information content (AvgIpc) is 2.90. The van der Waals surface area contributed by atoms with Crippen LogP contribution in [0.5, 0.6) is 0 Å². The Morgan fingerprint density at radius 3 is 3.00 bits per heavy atom. The summed E-state index contributed by atoms with van der Waals surface area (Å²) in [6.07, 6.45) is 16.7. The summed E-state index contributed by atoms with van der Waals surface area (Å²) in [5, 5.41) is 0. The molecule has 0 radical (unpaired) electrons. The summed E-state index contributed by atoms with van der Waals surface area (Å²) in [5.41, 5.74) is 6.65. The largest absolute Gasteiger partial charge is 0.489 e. The molecule has 0 aromatic carbocycles. The van der Waals surface area contributed by atoms with E-state index in [9.17, 15) is 4.79 Å². The highest BCUT2D eigenvalue weighted by atomic mass is 16.5. The van der Waals surface area contributed by atoms with Gasteiger partial charge in [0, 0.05) is 31.9 Å². The molecule has 1 spiro atoms. The molecule has 4 aliphatic rings. The first-order valence-corrected chi connectivity index (χ1v) is 7.12. The van der Waals surface area contributed by atoms with Crippen LogP contribution < -0.4 is 5.73 Å². The minimum Gasteiger partial charge on any atom is -0.489 e. The number of allylic oxidation sites excluding steroid dienone is 1. The molecule has 2 N–H and O–H groups in total. The van der Waals surface area contributed by atoms with Crippen molar-refractivity contribution in [2.75, 3.05) is 13.1 Å². The highest BCUT2D eigenvalue weighted by Crippen LogP contribution is 2.39. The molecule has 5 heteroatoms. The molecule has 0 saturated heterocycles. The molecule has 5 nitrogen and oxygen atoms in total. The van der Waals surface area contributed by atoms with Crippen molar-refractivity contribution in [2.24, 2.45) is 5.73 Å². The highest BCUT2D eigenvalue weighted by molar-refractivity contribution is 5.95. The molecule has 21 heavy (non-hydrogen) atoms. The number of hydrogen-bond acceptors (Lipinski definition) is 4. The van der Waals surface area contributed by atoms with Crippen molar-refractivity contribution in [1.29, 1.82) is 0 Å². The number of ether oxygens (including phenoxy) is 1. The lowest BCUT2D eigenvalue weighted by Crippen LogP contribution is -2.55. The van der Waals surface area contributed by atoms with Crippen LogP contribution in [0.15, 0.2) is 60.3 Å². The molecular weight excluding hydrogens is 266 g/mol. The van der Waals surface area contributed by atoms with Crippen LogP contribution in [0.2, 0.25) is 0 Å². The van der Waals surface area contributed by atoms with Crippen LogP contribution in [-0.2, 0) is 9.53 Å². The molecule has 2 unspecified atom stereocenters. The van der Waals surface area contributed by atoms with Crippen LogP contribution in [0.1, 0.15) is 6.42 Å². The molecule has 2 bridgehead atoms. The Morgan fingerprint density at radius 1 is 1.33 bits per heavy atom. The quantitative estimate of drug-likeness (QED) is 0.729. The number of nitrogens with two attached hydrogens (primary N) is 1. The number of nitrogens with zero attached hydrogens (tertiary/aromatic N) is 2. The molecule has 1 amide bonds. The predicted molar refractivity (Wildman–Crippen MR) is 78.4 cm³/mol. The van der Waals surface area contributed by atoms with Gasteiger partial charge in [-0.2, -0.15) is 0 Å². The molecule has 4 rings (SSSR count). The SMILES string of the molecule is NC(=O)C1=CN2C(=CN3CC=CC4(CC=CO4)C2C3)C=C1. The number of primary amides is 1. The maximum atomic E-state index is 11.5. The zero-order chi connectivity index (χ0) is 14.4. The molecule has 2 atom stereocenters. The first kappa shape index (κ1) is 12.3. The molecule has 4 heterocycles. The van der Waals surface area contributed by atoms with E-state index in [1.807, 2.05) is 12.3 Å². The van der Waals surface area contributed by atoms with E-state index in [-0.39, 0.29) is 11.6 Å². The summed E-state index contributed by atoms with van der Waals surface area (Å²) in [6.45, 7) is 1.73. The van der Waals surface area contributed by atoms with Gasteiger partial charge in [-0.1, -0.05) is 6.08 Å². The summed E-state index contributed by atoms with van der Waals surface area (Å²) >= 11 is 0. The van der Waals surface area contributed by atoms with Crippen molar-refractivity contribution in [3.63, 3.8) is 0 Å². The third-order valence-corrected chi connectivity index (χ3v) is 4.48. The van der Waals surface area contributed by atoms with Crippen molar-refractivity contribution >= 4 is 5.91 Å². The Morgan fingerprint density at radius 2 is 2.24 bits per heavy atom. The summed E-state index contributed by atoms with van der Waals surface area (Å²) < 4.78 is 5.96. The number of fused-ring (bicyclic) bond motifs is 5. The van der Waals surface area contributed by atoms with Gasteiger partial charge in [0.2, 0.25) is 5.91 Å². The Labute approximate surface area is 123 Å². The number of carbonyl (C=O) groups is 1. The summed E-state index contributed by atoms with van der Waals surface area (Å²) in [5.74, 6) is -0.406. The van der Waals surface area contributed by atoms with Crippen LogP contribution in [0.25, 0.3) is 0 Å². The molecule has 108 valence electrons. The van der Waals surface area contributed by atoms with E-state index in [0.29, 0.717) is 5.57 Å².